The highest BCUT2D eigenvalue weighted by Gasteiger charge is 2.37. The Morgan fingerprint density at radius 2 is 1.91 bits per heavy atom. The number of unbranched alkanes of at least 4 members (excludes halogenated alkanes) is 1. The Morgan fingerprint density at radius 3 is 2.52 bits per heavy atom. The van der Waals surface area contributed by atoms with Crippen LogP contribution in [-0.2, 0) is 28.7 Å². The van der Waals surface area contributed by atoms with Crippen LogP contribution in [-0.4, -0.2) is 97.7 Å². The third kappa shape index (κ3) is 10.2. The number of carbonyl (C=O) groups is 6. The third-order valence-corrected chi connectivity index (χ3v) is 7.96. The molecule has 3 heterocycles. The van der Waals surface area contributed by atoms with Crippen molar-refractivity contribution in [2.24, 2.45) is 5.73 Å². The average molecular weight is 684 g/mol. The zero-order valence-corrected chi connectivity index (χ0v) is 26.6. The molecule has 2 aliphatic heterocycles. The number of anilines is 2. The molecule has 14 nitrogen and oxygen atoms in total. The summed E-state index contributed by atoms with van der Waals surface area (Å²) in [4.78, 5) is 75.5. The number of morpholine rings is 1. The molecule has 0 spiro atoms. The molecule has 1 unspecified atom stereocenters. The number of nitrogens with zero attached hydrogens (tertiary/aromatic N) is 3. The number of thiophene rings is 1. The number of carboxylic acid groups (broad SMARTS) is 1. The Labute approximate surface area is 273 Å². The van der Waals surface area contributed by atoms with Gasteiger partial charge in [0.05, 0.1) is 41.1 Å². The number of cyclic esters (lactones) is 1. The number of benzene rings is 1. The van der Waals surface area contributed by atoms with E-state index in [1.54, 1.807) is 6.92 Å². The van der Waals surface area contributed by atoms with Gasteiger partial charge in [-0.2, -0.15) is 0 Å². The minimum atomic E-state index is -0.922. The van der Waals surface area contributed by atoms with Gasteiger partial charge in [-0.05, 0) is 43.2 Å². The van der Waals surface area contributed by atoms with Crippen LogP contribution in [0.3, 0.4) is 0 Å². The summed E-state index contributed by atoms with van der Waals surface area (Å²) in [5.74, 6) is -3.18. The van der Waals surface area contributed by atoms with Crippen LogP contribution in [0.2, 0.25) is 4.34 Å². The fourth-order valence-corrected chi connectivity index (χ4v) is 5.38. The van der Waals surface area contributed by atoms with Gasteiger partial charge >= 0.3 is 12.1 Å². The van der Waals surface area contributed by atoms with E-state index in [2.05, 4.69) is 5.32 Å². The van der Waals surface area contributed by atoms with Gasteiger partial charge in [0, 0.05) is 31.6 Å². The quantitative estimate of drug-likeness (QED) is 0.281. The van der Waals surface area contributed by atoms with Gasteiger partial charge in [-0.3, -0.25) is 33.8 Å². The predicted octanol–water partition coefficient (Wildman–Crippen LogP) is 2.62. The van der Waals surface area contributed by atoms with Gasteiger partial charge in [-0.15, -0.1) is 11.3 Å². The van der Waals surface area contributed by atoms with Crippen molar-refractivity contribution in [3.8, 4) is 0 Å². The minimum absolute atomic E-state index is 0.00404. The van der Waals surface area contributed by atoms with Crippen molar-refractivity contribution in [1.82, 2.24) is 10.2 Å². The highest BCUT2D eigenvalue weighted by atomic mass is 35.5. The molecule has 4 rings (SSSR count). The number of aliphatic carboxylic acids is 1. The van der Waals surface area contributed by atoms with Crippen molar-refractivity contribution in [3.05, 3.63) is 45.4 Å². The lowest BCUT2D eigenvalue weighted by Crippen LogP contribution is -2.43. The van der Waals surface area contributed by atoms with Gasteiger partial charge < -0.3 is 30.5 Å². The van der Waals surface area contributed by atoms with Crippen molar-refractivity contribution in [1.29, 1.82) is 0 Å². The van der Waals surface area contributed by atoms with Gasteiger partial charge in [0.25, 0.3) is 11.8 Å². The maximum atomic E-state index is 15.1. The molecule has 5 amide bonds. The lowest BCUT2D eigenvalue weighted by atomic mass is 10.2. The number of carboxylic acids is 1. The Hall–Kier alpha value is -4.12. The fourth-order valence-electron chi connectivity index (χ4n) is 4.39. The lowest BCUT2D eigenvalue weighted by molar-refractivity contribution is -0.136. The molecule has 17 heteroatoms. The molecule has 0 bridgehead atoms. The van der Waals surface area contributed by atoms with Gasteiger partial charge in [0.1, 0.15) is 18.5 Å². The zero-order chi connectivity index (χ0) is 33.8. The summed E-state index contributed by atoms with van der Waals surface area (Å²) in [7, 11) is 0. The van der Waals surface area contributed by atoms with E-state index in [1.807, 2.05) is 0 Å². The zero-order valence-electron chi connectivity index (χ0n) is 25.0. The SMILES string of the molecule is CCC(=O)O.NCC(=O)NCCCCC(=O)N(CC1CN(c2ccc(N3CCOCC3=O)cc2F)C(=O)O1)C(=O)c1ccc(Cl)s1. The van der Waals surface area contributed by atoms with Crippen molar-refractivity contribution < 1.29 is 47.7 Å². The Kier molecular flexibility index (Phi) is 13.9. The monoisotopic (exact) mass is 683 g/mol. The highest BCUT2D eigenvalue weighted by molar-refractivity contribution is 7.18. The molecule has 2 saturated heterocycles. The normalized spacial score (nSPS) is 16.0. The molecule has 250 valence electrons. The second-order valence-electron chi connectivity index (χ2n) is 10.0. The van der Waals surface area contributed by atoms with Crippen molar-refractivity contribution in [3.63, 3.8) is 0 Å². The average Bonchev–Trinajstić information content (AvgIpc) is 3.64. The summed E-state index contributed by atoms with van der Waals surface area (Å²) < 4.78 is 26.0. The van der Waals surface area contributed by atoms with Crippen LogP contribution in [0.15, 0.2) is 30.3 Å². The molecule has 1 aromatic carbocycles. The number of nitrogens with two attached hydrogens (primary N) is 1. The summed E-state index contributed by atoms with van der Waals surface area (Å²) in [6.07, 6.45) is -0.655. The molecule has 4 N–H and O–H groups in total. The lowest BCUT2D eigenvalue weighted by Gasteiger charge is -2.27. The second kappa shape index (κ2) is 17.5. The van der Waals surface area contributed by atoms with E-state index in [9.17, 15) is 28.8 Å². The molecule has 2 aromatic rings. The largest absolute Gasteiger partial charge is 0.481 e. The minimum Gasteiger partial charge on any atom is -0.481 e. The van der Waals surface area contributed by atoms with Gasteiger partial charge in [0.2, 0.25) is 11.8 Å². The van der Waals surface area contributed by atoms with E-state index in [0.29, 0.717) is 36.0 Å². The predicted molar refractivity (Wildman–Crippen MR) is 166 cm³/mol. The molecule has 1 atom stereocenters. The Balaban J connectivity index is 0.00000107. The van der Waals surface area contributed by atoms with E-state index in [4.69, 9.17) is 31.9 Å². The summed E-state index contributed by atoms with van der Waals surface area (Å²) >= 11 is 6.99. The molecule has 2 fully saturated rings. The maximum absolute atomic E-state index is 15.1. The molecule has 0 saturated carbocycles. The van der Waals surface area contributed by atoms with Crippen molar-refractivity contribution >= 4 is 70.0 Å². The Bertz CT molecular complexity index is 1440. The van der Waals surface area contributed by atoms with Crippen molar-refractivity contribution in [2.45, 2.75) is 38.7 Å². The second-order valence-corrected chi connectivity index (χ2v) is 11.7. The number of nitrogens with one attached hydrogen (secondary N) is 1. The van der Waals surface area contributed by atoms with E-state index in [0.717, 1.165) is 27.2 Å². The molecule has 0 radical (unpaired) electrons. The van der Waals surface area contributed by atoms with Gasteiger partial charge in [-0.1, -0.05) is 18.5 Å². The molecule has 0 aliphatic carbocycles. The van der Waals surface area contributed by atoms with Crippen LogP contribution < -0.4 is 20.9 Å². The summed E-state index contributed by atoms with van der Waals surface area (Å²) in [5, 5.41) is 10.3. The number of hydrogen-bond donors (Lipinski definition) is 3. The topological polar surface area (TPSA) is 189 Å². The van der Waals surface area contributed by atoms with E-state index in [-0.39, 0.29) is 68.0 Å². The molecule has 2 aliphatic rings. The Morgan fingerprint density at radius 1 is 1.17 bits per heavy atom. The van der Waals surface area contributed by atoms with Crippen molar-refractivity contribution in [2.75, 3.05) is 55.7 Å². The molecular formula is C29H35ClFN5O9S. The number of amides is 5. The van der Waals surface area contributed by atoms with Crippen LogP contribution in [0.5, 0.6) is 0 Å². The van der Waals surface area contributed by atoms with Crippen LogP contribution in [0.4, 0.5) is 20.6 Å². The standard InChI is InChI=1S/C26H29ClFN5O7S.C3H6O2/c27-21-7-6-20(41-21)25(37)33(23(35)3-1-2-8-30-22(34)12-29)14-17-13-32(26(38)40-17)19-5-4-16(11-18(19)28)31-9-10-39-15-24(31)36;1-2-3(4)5/h4-7,11,17H,1-3,8-10,12-15,29H2,(H,30,34);2H2,1H3,(H,4,5). The first-order valence-electron chi connectivity index (χ1n) is 14.4. The van der Waals surface area contributed by atoms with E-state index >= 15 is 4.39 Å². The number of rotatable bonds is 12. The summed E-state index contributed by atoms with van der Waals surface area (Å²) in [6.45, 7) is 1.94. The first-order valence-corrected chi connectivity index (χ1v) is 15.6. The number of carbonyl (C=O) groups excluding carboxylic acids is 5. The summed E-state index contributed by atoms with van der Waals surface area (Å²) in [6, 6.07) is 7.10. The van der Waals surface area contributed by atoms with Crippen LogP contribution in [0.25, 0.3) is 0 Å². The molecular weight excluding hydrogens is 649 g/mol. The van der Waals surface area contributed by atoms with E-state index < -0.39 is 35.8 Å². The first kappa shape index (κ1) is 36.3. The number of imide groups is 1. The van der Waals surface area contributed by atoms with Crippen LogP contribution >= 0.6 is 22.9 Å². The smallest absolute Gasteiger partial charge is 0.414 e. The highest BCUT2D eigenvalue weighted by Crippen LogP contribution is 2.30. The van der Waals surface area contributed by atoms with Crippen LogP contribution in [0, 0.1) is 5.82 Å². The van der Waals surface area contributed by atoms with Crippen LogP contribution in [0.1, 0.15) is 42.3 Å². The molecule has 46 heavy (non-hydrogen) atoms. The van der Waals surface area contributed by atoms with Gasteiger partial charge in [-0.25, -0.2) is 9.18 Å². The number of halogens is 2. The summed E-state index contributed by atoms with van der Waals surface area (Å²) in [5.41, 5.74) is 5.53. The fraction of sp³-hybridized carbons (Fsp3) is 0.448. The number of ether oxygens (including phenoxy) is 2. The maximum Gasteiger partial charge on any atom is 0.414 e. The third-order valence-electron chi connectivity index (χ3n) is 6.74. The molecule has 1 aromatic heterocycles. The number of hydrogen-bond acceptors (Lipinski definition) is 10. The first-order chi connectivity index (χ1) is 21.9. The van der Waals surface area contributed by atoms with E-state index in [1.165, 1.54) is 29.2 Å². The van der Waals surface area contributed by atoms with Gasteiger partial charge in [0.15, 0.2) is 0 Å².